The first-order valence-corrected chi connectivity index (χ1v) is 9.35. The van der Waals surface area contributed by atoms with E-state index in [0.29, 0.717) is 32.2 Å². The number of hydrogen-bond acceptors (Lipinski definition) is 4. The van der Waals surface area contributed by atoms with Crippen molar-refractivity contribution in [3.05, 3.63) is 0 Å². The second-order valence-electron chi connectivity index (χ2n) is 6.75. The minimum Gasteiger partial charge on any atom is -0.481 e. The number of unbranched alkanes of at least 4 members (excludes halogenated alkanes) is 8. The molecule has 0 aromatic carbocycles. The van der Waals surface area contributed by atoms with E-state index in [1.165, 1.54) is 25.7 Å². The normalized spacial score (nSPS) is 15.0. The van der Waals surface area contributed by atoms with Crippen molar-refractivity contribution in [2.45, 2.75) is 89.5 Å². The van der Waals surface area contributed by atoms with Crippen LogP contribution in [0.25, 0.3) is 0 Å². The van der Waals surface area contributed by atoms with Gasteiger partial charge < -0.3 is 21.7 Å². The van der Waals surface area contributed by atoms with E-state index >= 15 is 0 Å². The standard InChI is InChI=1S/C18H36N2O4/c1-2-3-4-5-6-7-8-9-12-15(16(21)22)18(20,17(23)24)13-10-11-14-19/h15H,2-14,19-20H2,1H3,(H,21,22)(H,23,24). The Bertz CT molecular complexity index is 363. The summed E-state index contributed by atoms with van der Waals surface area (Å²) in [5, 5.41) is 18.9. The maximum atomic E-state index is 11.6. The Labute approximate surface area is 146 Å². The van der Waals surface area contributed by atoms with Crippen LogP contribution in [0.2, 0.25) is 0 Å². The Balaban J connectivity index is 4.38. The summed E-state index contributed by atoms with van der Waals surface area (Å²) in [6, 6.07) is 0. The summed E-state index contributed by atoms with van der Waals surface area (Å²) in [5.74, 6) is -3.39. The molecule has 2 unspecified atom stereocenters. The number of aliphatic carboxylic acids is 2. The molecular weight excluding hydrogens is 308 g/mol. The first kappa shape index (κ1) is 22.9. The highest BCUT2D eigenvalue weighted by atomic mass is 16.4. The van der Waals surface area contributed by atoms with Gasteiger partial charge in [-0.05, 0) is 32.2 Å². The Hall–Kier alpha value is -1.14. The first-order valence-electron chi connectivity index (χ1n) is 9.35. The second kappa shape index (κ2) is 13.2. The molecule has 0 amide bonds. The molecule has 6 heteroatoms. The predicted molar refractivity (Wildman–Crippen MR) is 95.8 cm³/mol. The lowest BCUT2D eigenvalue weighted by Gasteiger charge is -2.31. The Morgan fingerprint density at radius 1 is 0.917 bits per heavy atom. The van der Waals surface area contributed by atoms with Crippen molar-refractivity contribution in [1.29, 1.82) is 0 Å². The van der Waals surface area contributed by atoms with Crippen LogP contribution in [-0.2, 0) is 9.59 Å². The summed E-state index contributed by atoms with van der Waals surface area (Å²) in [5.41, 5.74) is 9.72. The van der Waals surface area contributed by atoms with Crippen molar-refractivity contribution >= 4 is 11.9 Å². The fraction of sp³-hybridized carbons (Fsp3) is 0.889. The molecule has 0 aromatic heterocycles. The van der Waals surface area contributed by atoms with E-state index in [4.69, 9.17) is 11.5 Å². The van der Waals surface area contributed by atoms with Crippen LogP contribution >= 0.6 is 0 Å². The van der Waals surface area contributed by atoms with Crippen molar-refractivity contribution in [3.8, 4) is 0 Å². The van der Waals surface area contributed by atoms with Gasteiger partial charge in [-0.2, -0.15) is 0 Å². The molecule has 142 valence electrons. The van der Waals surface area contributed by atoms with E-state index < -0.39 is 23.4 Å². The highest BCUT2D eigenvalue weighted by molar-refractivity contribution is 5.86. The van der Waals surface area contributed by atoms with Gasteiger partial charge >= 0.3 is 11.9 Å². The van der Waals surface area contributed by atoms with Crippen LogP contribution < -0.4 is 11.5 Å². The monoisotopic (exact) mass is 344 g/mol. The first-order chi connectivity index (χ1) is 11.4. The average Bonchev–Trinajstić information content (AvgIpc) is 2.53. The van der Waals surface area contributed by atoms with Gasteiger partial charge in [0.2, 0.25) is 0 Å². The molecule has 0 rings (SSSR count). The van der Waals surface area contributed by atoms with Gasteiger partial charge in [-0.25, -0.2) is 0 Å². The van der Waals surface area contributed by atoms with Gasteiger partial charge in [-0.15, -0.1) is 0 Å². The quantitative estimate of drug-likeness (QED) is 0.319. The molecule has 0 aromatic rings. The smallest absolute Gasteiger partial charge is 0.324 e. The second-order valence-corrected chi connectivity index (χ2v) is 6.75. The van der Waals surface area contributed by atoms with Gasteiger partial charge in [0.15, 0.2) is 0 Å². The lowest BCUT2D eigenvalue weighted by atomic mass is 9.77. The summed E-state index contributed by atoms with van der Waals surface area (Å²) in [4.78, 5) is 23.1. The van der Waals surface area contributed by atoms with Crippen LogP contribution in [0.5, 0.6) is 0 Å². The van der Waals surface area contributed by atoms with E-state index in [2.05, 4.69) is 6.92 Å². The maximum Gasteiger partial charge on any atom is 0.324 e. The molecule has 24 heavy (non-hydrogen) atoms. The fourth-order valence-corrected chi connectivity index (χ4v) is 3.08. The molecule has 0 fully saturated rings. The molecule has 0 aliphatic carbocycles. The largest absolute Gasteiger partial charge is 0.481 e. The third-order valence-corrected chi connectivity index (χ3v) is 4.71. The number of carboxylic acid groups (broad SMARTS) is 2. The summed E-state index contributed by atoms with van der Waals surface area (Å²) in [7, 11) is 0. The van der Waals surface area contributed by atoms with Crippen LogP contribution in [0.1, 0.15) is 84.0 Å². The SMILES string of the molecule is CCCCCCCCCCC(C(=O)O)C(N)(CCCCN)C(=O)O. The lowest BCUT2D eigenvalue weighted by molar-refractivity contribution is -0.156. The molecule has 0 aliphatic rings. The third kappa shape index (κ3) is 8.64. The van der Waals surface area contributed by atoms with Gasteiger partial charge in [0.25, 0.3) is 0 Å². The molecule has 0 aliphatic heterocycles. The van der Waals surface area contributed by atoms with Crippen LogP contribution in [0, 0.1) is 5.92 Å². The Kier molecular flexibility index (Phi) is 12.6. The number of hydrogen-bond donors (Lipinski definition) is 4. The third-order valence-electron chi connectivity index (χ3n) is 4.71. The minimum atomic E-state index is -1.71. The maximum absolute atomic E-state index is 11.6. The fourth-order valence-electron chi connectivity index (χ4n) is 3.08. The molecule has 6 nitrogen and oxygen atoms in total. The van der Waals surface area contributed by atoms with Crippen molar-refractivity contribution in [2.24, 2.45) is 17.4 Å². The summed E-state index contributed by atoms with van der Waals surface area (Å²) >= 11 is 0. The van der Waals surface area contributed by atoms with Crippen LogP contribution in [0.4, 0.5) is 0 Å². The zero-order valence-corrected chi connectivity index (χ0v) is 15.1. The summed E-state index contributed by atoms with van der Waals surface area (Å²) in [6.45, 7) is 2.63. The zero-order valence-electron chi connectivity index (χ0n) is 15.1. The van der Waals surface area contributed by atoms with E-state index in [0.717, 1.165) is 19.3 Å². The number of carboxylic acids is 2. The predicted octanol–water partition coefficient (Wildman–Crippen LogP) is 3.13. The summed E-state index contributed by atoms with van der Waals surface area (Å²) < 4.78 is 0. The van der Waals surface area contributed by atoms with Gasteiger partial charge in [0, 0.05) is 0 Å². The van der Waals surface area contributed by atoms with Gasteiger partial charge in [0.05, 0.1) is 5.92 Å². The molecule has 2 atom stereocenters. The van der Waals surface area contributed by atoms with Crippen LogP contribution in [0.15, 0.2) is 0 Å². The van der Waals surface area contributed by atoms with Gasteiger partial charge in [0.1, 0.15) is 5.54 Å². The van der Waals surface area contributed by atoms with Crippen molar-refractivity contribution in [2.75, 3.05) is 6.54 Å². The highest BCUT2D eigenvalue weighted by Crippen LogP contribution is 2.27. The van der Waals surface area contributed by atoms with Crippen molar-refractivity contribution < 1.29 is 19.8 Å². The molecule has 0 bridgehead atoms. The average molecular weight is 344 g/mol. The van der Waals surface area contributed by atoms with E-state index in [1.807, 2.05) is 0 Å². The van der Waals surface area contributed by atoms with E-state index in [-0.39, 0.29) is 6.42 Å². The number of nitrogens with two attached hydrogens (primary N) is 2. The van der Waals surface area contributed by atoms with Gasteiger partial charge in [-0.3, -0.25) is 9.59 Å². The van der Waals surface area contributed by atoms with E-state index in [1.54, 1.807) is 0 Å². The molecule has 0 radical (unpaired) electrons. The van der Waals surface area contributed by atoms with Gasteiger partial charge in [-0.1, -0.05) is 58.3 Å². The van der Waals surface area contributed by atoms with E-state index in [9.17, 15) is 19.8 Å². The molecule has 0 saturated carbocycles. The van der Waals surface area contributed by atoms with Crippen LogP contribution in [-0.4, -0.2) is 34.2 Å². The molecule has 0 heterocycles. The Morgan fingerprint density at radius 3 is 1.92 bits per heavy atom. The van der Waals surface area contributed by atoms with Crippen molar-refractivity contribution in [1.82, 2.24) is 0 Å². The minimum absolute atomic E-state index is 0.146. The van der Waals surface area contributed by atoms with Crippen LogP contribution in [0.3, 0.4) is 0 Å². The molecule has 0 saturated heterocycles. The molecular formula is C18H36N2O4. The molecule has 0 spiro atoms. The topological polar surface area (TPSA) is 127 Å². The highest BCUT2D eigenvalue weighted by Gasteiger charge is 2.45. The Morgan fingerprint density at radius 2 is 1.46 bits per heavy atom. The molecule has 6 N–H and O–H groups in total. The number of carbonyl (C=O) groups is 2. The lowest BCUT2D eigenvalue weighted by Crippen LogP contribution is -2.56. The summed E-state index contributed by atoms with van der Waals surface area (Å²) in [6.07, 6.45) is 10.4. The number of rotatable bonds is 16. The zero-order chi connectivity index (χ0) is 18.4. The van der Waals surface area contributed by atoms with Crippen molar-refractivity contribution in [3.63, 3.8) is 0 Å².